The number of benzene rings is 2. The van der Waals surface area contributed by atoms with Crippen molar-refractivity contribution in [2.24, 2.45) is 0 Å². The Morgan fingerprint density at radius 2 is 1.83 bits per heavy atom. The largest absolute Gasteiger partial charge is 0.480 e. The summed E-state index contributed by atoms with van der Waals surface area (Å²) in [6.45, 7) is 5.70. The molecule has 1 unspecified atom stereocenters. The van der Waals surface area contributed by atoms with Gasteiger partial charge in [0.05, 0.1) is 0 Å². The SMILES string of the molecule is Cc1cccc(C2=CCN(C(C(=O)O)c3ccccc3)CC2)c1C. The van der Waals surface area contributed by atoms with Crippen molar-refractivity contribution in [1.82, 2.24) is 4.90 Å². The molecule has 3 nitrogen and oxygen atoms in total. The number of carboxylic acids is 1. The van der Waals surface area contributed by atoms with Gasteiger partial charge in [-0.15, -0.1) is 0 Å². The van der Waals surface area contributed by atoms with Gasteiger partial charge in [-0.05, 0) is 48.1 Å². The molecule has 0 saturated carbocycles. The molecular formula is C21H23NO2. The molecule has 0 aromatic heterocycles. The summed E-state index contributed by atoms with van der Waals surface area (Å²) in [6, 6.07) is 15.3. The van der Waals surface area contributed by atoms with E-state index in [-0.39, 0.29) is 0 Å². The monoisotopic (exact) mass is 321 g/mol. The molecule has 3 heteroatoms. The Balaban J connectivity index is 1.83. The maximum atomic E-state index is 11.8. The van der Waals surface area contributed by atoms with Crippen LogP contribution < -0.4 is 0 Å². The van der Waals surface area contributed by atoms with E-state index in [1.807, 2.05) is 35.2 Å². The molecule has 0 saturated heterocycles. The molecule has 1 atom stereocenters. The van der Waals surface area contributed by atoms with E-state index in [1.54, 1.807) is 0 Å². The van der Waals surface area contributed by atoms with Crippen molar-refractivity contribution in [3.05, 3.63) is 76.9 Å². The van der Waals surface area contributed by atoms with Crippen LogP contribution in [0.5, 0.6) is 0 Å². The van der Waals surface area contributed by atoms with Crippen LogP contribution in [-0.4, -0.2) is 29.1 Å². The fourth-order valence-corrected chi connectivity index (χ4v) is 3.41. The molecule has 24 heavy (non-hydrogen) atoms. The predicted molar refractivity (Wildman–Crippen MR) is 96.9 cm³/mol. The summed E-state index contributed by atoms with van der Waals surface area (Å²) in [6.07, 6.45) is 3.06. The number of rotatable bonds is 4. The average molecular weight is 321 g/mol. The van der Waals surface area contributed by atoms with E-state index in [0.717, 1.165) is 18.5 Å². The highest BCUT2D eigenvalue weighted by atomic mass is 16.4. The van der Waals surface area contributed by atoms with Crippen LogP contribution in [-0.2, 0) is 4.79 Å². The van der Waals surface area contributed by atoms with Gasteiger partial charge in [0.15, 0.2) is 0 Å². The topological polar surface area (TPSA) is 40.5 Å². The first-order valence-electron chi connectivity index (χ1n) is 8.35. The summed E-state index contributed by atoms with van der Waals surface area (Å²) in [5, 5.41) is 9.68. The fraction of sp³-hybridized carbons (Fsp3) is 0.286. The van der Waals surface area contributed by atoms with E-state index >= 15 is 0 Å². The summed E-state index contributed by atoms with van der Waals surface area (Å²) < 4.78 is 0. The Kier molecular flexibility index (Phi) is 4.81. The van der Waals surface area contributed by atoms with Crippen LogP contribution >= 0.6 is 0 Å². The average Bonchev–Trinajstić information content (AvgIpc) is 2.59. The second-order valence-corrected chi connectivity index (χ2v) is 6.37. The van der Waals surface area contributed by atoms with Gasteiger partial charge in [0.1, 0.15) is 6.04 Å². The maximum Gasteiger partial charge on any atom is 0.325 e. The second kappa shape index (κ2) is 7.02. The number of aliphatic carboxylic acids is 1. The van der Waals surface area contributed by atoms with Crippen molar-refractivity contribution < 1.29 is 9.90 Å². The summed E-state index contributed by atoms with van der Waals surface area (Å²) in [4.78, 5) is 13.8. The molecule has 1 N–H and O–H groups in total. The minimum Gasteiger partial charge on any atom is -0.480 e. The Bertz CT molecular complexity index is 765. The molecule has 2 aromatic rings. The predicted octanol–water partition coefficient (Wildman–Crippen LogP) is 4.22. The highest BCUT2D eigenvalue weighted by Crippen LogP contribution is 2.30. The molecule has 0 fully saturated rings. The Morgan fingerprint density at radius 1 is 1.08 bits per heavy atom. The van der Waals surface area contributed by atoms with Gasteiger partial charge in [0.2, 0.25) is 0 Å². The molecule has 3 rings (SSSR count). The fourth-order valence-electron chi connectivity index (χ4n) is 3.41. The van der Waals surface area contributed by atoms with Crippen LogP contribution in [0.3, 0.4) is 0 Å². The number of nitrogens with zero attached hydrogens (tertiary/aromatic N) is 1. The van der Waals surface area contributed by atoms with Gasteiger partial charge in [0, 0.05) is 13.1 Å². The molecule has 0 radical (unpaired) electrons. The minimum atomic E-state index is -0.787. The third-order valence-corrected chi connectivity index (χ3v) is 4.91. The summed E-state index contributed by atoms with van der Waals surface area (Å²) >= 11 is 0. The zero-order valence-electron chi connectivity index (χ0n) is 14.2. The number of carboxylic acid groups (broad SMARTS) is 1. The molecule has 0 amide bonds. The van der Waals surface area contributed by atoms with Gasteiger partial charge in [-0.2, -0.15) is 0 Å². The Labute approximate surface area is 143 Å². The third-order valence-electron chi connectivity index (χ3n) is 4.91. The van der Waals surface area contributed by atoms with Crippen LogP contribution in [0.25, 0.3) is 5.57 Å². The number of hydrogen-bond acceptors (Lipinski definition) is 2. The molecule has 1 aliphatic rings. The lowest BCUT2D eigenvalue weighted by atomic mass is 9.92. The first kappa shape index (κ1) is 16.5. The van der Waals surface area contributed by atoms with Crippen molar-refractivity contribution >= 4 is 11.5 Å². The van der Waals surface area contributed by atoms with E-state index in [0.29, 0.717) is 6.54 Å². The Hall–Kier alpha value is -2.39. The summed E-state index contributed by atoms with van der Waals surface area (Å²) in [5.74, 6) is -0.787. The van der Waals surface area contributed by atoms with E-state index in [1.165, 1.54) is 22.3 Å². The van der Waals surface area contributed by atoms with E-state index < -0.39 is 12.0 Å². The lowest BCUT2D eigenvalue weighted by Gasteiger charge is -2.32. The summed E-state index contributed by atoms with van der Waals surface area (Å²) in [7, 11) is 0. The van der Waals surface area contributed by atoms with Gasteiger partial charge in [-0.3, -0.25) is 9.69 Å². The third kappa shape index (κ3) is 3.26. The van der Waals surface area contributed by atoms with Crippen LogP contribution in [0.1, 0.15) is 34.7 Å². The van der Waals surface area contributed by atoms with Gasteiger partial charge in [-0.1, -0.05) is 54.6 Å². The van der Waals surface area contributed by atoms with Gasteiger partial charge in [0.25, 0.3) is 0 Å². The molecule has 2 aromatic carbocycles. The number of aryl methyl sites for hydroxylation is 1. The Morgan fingerprint density at radius 3 is 2.46 bits per heavy atom. The molecule has 0 aliphatic carbocycles. The molecule has 1 heterocycles. The molecule has 1 aliphatic heterocycles. The van der Waals surface area contributed by atoms with Crippen molar-refractivity contribution in [3.8, 4) is 0 Å². The first-order valence-corrected chi connectivity index (χ1v) is 8.35. The summed E-state index contributed by atoms with van der Waals surface area (Å²) in [5.41, 5.74) is 6.07. The van der Waals surface area contributed by atoms with Crippen LogP contribution in [0.15, 0.2) is 54.6 Å². The zero-order valence-corrected chi connectivity index (χ0v) is 14.2. The van der Waals surface area contributed by atoms with E-state index in [9.17, 15) is 9.90 Å². The number of hydrogen-bond donors (Lipinski definition) is 1. The second-order valence-electron chi connectivity index (χ2n) is 6.37. The van der Waals surface area contributed by atoms with Gasteiger partial charge < -0.3 is 5.11 Å². The van der Waals surface area contributed by atoms with Crippen molar-refractivity contribution in [3.63, 3.8) is 0 Å². The molecule has 0 bridgehead atoms. The molecule has 124 valence electrons. The van der Waals surface area contributed by atoms with E-state index in [4.69, 9.17) is 0 Å². The quantitative estimate of drug-likeness (QED) is 0.916. The van der Waals surface area contributed by atoms with Crippen LogP contribution in [0.2, 0.25) is 0 Å². The normalized spacial score (nSPS) is 16.5. The number of carbonyl (C=O) groups is 1. The van der Waals surface area contributed by atoms with Gasteiger partial charge in [-0.25, -0.2) is 0 Å². The van der Waals surface area contributed by atoms with E-state index in [2.05, 4.69) is 38.1 Å². The molecule has 0 spiro atoms. The maximum absolute atomic E-state index is 11.8. The van der Waals surface area contributed by atoms with Crippen LogP contribution in [0.4, 0.5) is 0 Å². The van der Waals surface area contributed by atoms with Crippen LogP contribution in [0, 0.1) is 13.8 Å². The smallest absolute Gasteiger partial charge is 0.325 e. The van der Waals surface area contributed by atoms with Gasteiger partial charge >= 0.3 is 5.97 Å². The molecular weight excluding hydrogens is 298 g/mol. The van der Waals surface area contributed by atoms with Crippen molar-refractivity contribution in [1.29, 1.82) is 0 Å². The van der Waals surface area contributed by atoms with Crippen molar-refractivity contribution in [2.45, 2.75) is 26.3 Å². The lowest BCUT2D eigenvalue weighted by molar-refractivity contribution is -0.143. The van der Waals surface area contributed by atoms with Crippen molar-refractivity contribution in [2.75, 3.05) is 13.1 Å². The lowest BCUT2D eigenvalue weighted by Crippen LogP contribution is -2.37. The highest BCUT2D eigenvalue weighted by Gasteiger charge is 2.28. The first-order chi connectivity index (χ1) is 11.6. The highest BCUT2D eigenvalue weighted by molar-refractivity contribution is 5.76. The standard InChI is InChI=1S/C21H23NO2/c1-15-7-6-10-19(16(15)2)17-11-13-22(14-12-17)20(21(23)24)18-8-4-3-5-9-18/h3-11,20H,12-14H2,1-2H3,(H,23,24). The zero-order chi connectivity index (χ0) is 17.1. The minimum absolute atomic E-state index is 0.581.